The fourth-order valence-electron chi connectivity index (χ4n) is 3.28. The van der Waals surface area contributed by atoms with E-state index in [1.54, 1.807) is 0 Å². The van der Waals surface area contributed by atoms with Crippen LogP contribution in [0, 0.1) is 13.8 Å². The average molecular weight is 339 g/mol. The Morgan fingerprint density at radius 3 is 2.64 bits per heavy atom. The predicted molar refractivity (Wildman–Crippen MR) is 90.2 cm³/mol. The second-order valence-corrected chi connectivity index (χ2v) is 6.64. The number of fused-ring (bicyclic) bond motifs is 1. The van der Waals surface area contributed by atoms with Crippen LogP contribution in [0.3, 0.4) is 0 Å². The molecule has 2 N–H and O–H groups in total. The van der Waals surface area contributed by atoms with E-state index in [1.165, 1.54) is 16.8 Å². The largest absolute Gasteiger partial charge is 0.329 e. The molecule has 6 heteroatoms. The lowest BCUT2D eigenvalue weighted by atomic mass is 10.0. The number of nitrogens with two attached hydrogens (primary N) is 1. The number of benzene rings is 1. The third-order valence-corrected chi connectivity index (χ3v) is 5.48. The van der Waals surface area contributed by atoms with E-state index >= 15 is 0 Å². The van der Waals surface area contributed by atoms with E-state index in [0.717, 1.165) is 24.3 Å². The minimum Gasteiger partial charge on any atom is -0.329 e. The number of aryl methyl sites for hydroxylation is 2. The summed E-state index contributed by atoms with van der Waals surface area (Å²) in [4.78, 5) is 2.35. The highest BCUT2D eigenvalue weighted by Gasteiger charge is 2.32. The summed E-state index contributed by atoms with van der Waals surface area (Å²) in [6, 6.07) is 4.07. The summed E-state index contributed by atoms with van der Waals surface area (Å²) in [7, 11) is 1.97. The molecule has 4 nitrogen and oxygen atoms in total. The molecule has 22 heavy (non-hydrogen) atoms. The smallest absolute Gasteiger partial charge is 0.0641 e. The van der Waals surface area contributed by atoms with Crippen molar-refractivity contribution in [3.8, 4) is 0 Å². The molecule has 0 aliphatic carbocycles. The minimum absolute atomic E-state index is 0.170. The SMILES string of the molecule is Cc1nn(C)c(C)c1CN1Cc2c(ccc(Cl)c2Cl)C1CN. The first kappa shape index (κ1) is 15.8. The van der Waals surface area contributed by atoms with Crippen LogP contribution < -0.4 is 5.73 Å². The third kappa shape index (κ3) is 2.44. The van der Waals surface area contributed by atoms with Gasteiger partial charge in [0.15, 0.2) is 0 Å². The van der Waals surface area contributed by atoms with Crippen molar-refractivity contribution in [1.29, 1.82) is 0 Å². The molecule has 0 saturated heterocycles. The minimum atomic E-state index is 0.170. The standard InChI is InChI=1S/C16H20Cl2N4/c1-9-12(10(2)21(3)20-9)7-22-8-13-11(15(22)6-19)4-5-14(17)16(13)18/h4-5,15H,6-8,19H2,1-3H3. The van der Waals surface area contributed by atoms with Gasteiger partial charge in [0.25, 0.3) is 0 Å². The molecule has 1 aliphatic heterocycles. The lowest BCUT2D eigenvalue weighted by Gasteiger charge is -2.24. The van der Waals surface area contributed by atoms with Crippen LogP contribution in [0.1, 0.15) is 34.1 Å². The molecule has 1 aromatic heterocycles. The number of halogens is 2. The lowest BCUT2D eigenvalue weighted by Crippen LogP contribution is -2.28. The Kier molecular flexibility index (Phi) is 4.21. The Morgan fingerprint density at radius 1 is 1.32 bits per heavy atom. The van der Waals surface area contributed by atoms with E-state index in [1.807, 2.05) is 30.8 Å². The summed E-state index contributed by atoms with van der Waals surface area (Å²) in [6.07, 6.45) is 0. The molecule has 0 fully saturated rings. The van der Waals surface area contributed by atoms with Gasteiger partial charge in [-0.05, 0) is 31.0 Å². The third-order valence-electron chi connectivity index (χ3n) is 4.64. The molecule has 1 atom stereocenters. The molecule has 0 bridgehead atoms. The topological polar surface area (TPSA) is 47.1 Å². The zero-order chi connectivity index (χ0) is 16.0. The Bertz CT molecular complexity index is 723. The summed E-state index contributed by atoms with van der Waals surface area (Å²) in [5.74, 6) is 0. The van der Waals surface area contributed by atoms with Crippen LogP contribution in [0.25, 0.3) is 0 Å². The Morgan fingerprint density at radius 2 is 2.05 bits per heavy atom. The number of nitrogens with zero attached hydrogens (tertiary/aromatic N) is 3. The molecule has 2 aromatic rings. The molecular formula is C16H20Cl2N4. The first-order valence-electron chi connectivity index (χ1n) is 7.34. The van der Waals surface area contributed by atoms with Gasteiger partial charge in [0, 0.05) is 44.0 Å². The van der Waals surface area contributed by atoms with Crippen LogP contribution in [-0.4, -0.2) is 21.2 Å². The van der Waals surface area contributed by atoms with Gasteiger partial charge in [-0.3, -0.25) is 9.58 Å². The Hall–Kier alpha value is -1.07. The summed E-state index contributed by atoms with van der Waals surface area (Å²) < 4.78 is 1.93. The first-order chi connectivity index (χ1) is 10.4. The quantitative estimate of drug-likeness (QED) is 0.933. The molecule has 0 spiro atoms. The van der Waals surface area contributed by atoms with Gasteiger partial charge < -0.3 is 5.73 Å². The highest BCUT2D eigenvalue weighted by molar-refractivity contribution is 6.42. The molecule has 2 heterocycles. The zero-order valence-electron chi connectivity index (χ0n) is 13.0. The van der Waals surface area contributed by atoms with Crippen LogP contribution in [-0.2, 0) is 20.1 Å². The molecule has 0 amide bonds. The van der Waals surface area contributed by atoms with Crippen LogP contribution in [0.4, 0.5) is 0 Å². The maximum atomic E-state index is 6.38. The normalized spacial score (nSPS) is 18.0. The van der Waals surface area contributed by atoms with Crippen molar-refractivity contribution in [3.63, 3.8) is 0 Å². The molecule has 0 saturated carbocycles. The van der Waals surface area contributed by atoms with Gasteiger partial charge >= 0.3 is 0 Å². The van der Waals surface area contributed by atoms with Gasteiger partial charge in [-0.25, -0.2) is 0 Å². The van der Waals surface area contributed by atoms with E-state index in [0.29, 0.717) is 16.6 Å². The van der Waals surface area contributed by atoms with E-state index < -0.39 is 0 Å². The fraction of sp³-hybridized carbons (Fsp3) is 0.438. The fourth-order valence-corrected chi connectivity index (χ4v) is 3.69. The van der Waals surface area contributed by atoms with E-state index in [4.69, 9.17) is 28.9 Å². The van der Waals surface area contributed by atoms with Gasteiger partial charge in [0.05, 0.1) is 15.7 Å². The van der Waals surface area contributed by atoms with Gasteiger partial charge in [-0.15, -0.1) is 0 Å². The second kappa shape index (κ2) is 5.85. The maximum absolute atomic E-state index is 6.38. The Balaban J connectivity index is 1.95. The summed E-state index contributed by atoms with van der Waals surface area (Å²) >= 11 is 12.5. The summed E-state index contributed by atoms with van der Waals surface area (Å²) in [5.41, 5.74) is 11.8. The predicted octanol–water partition coefficient (Wildman–Crippen LogP) is 3.36. The number of rotatable bonds is 3. The van der Waals surface area contributed by atoms with Crippen LogP contribution in [0.5, 0.6) is 0 Å². The highest BCUT2D eigenvalue weighted by Crippen LogP contribution is 2.41. The van der Waals surface area contributed by atoms with Crippen molar-refractivity contribution in [1.82, 2.24) is 14.7 Å². The molecule has 118 valence electrons. The van der Waals surface area contributed by atoms with Crippen molar-refractivity contribution < 1.29 is 0 Å². The molecule has 0 radical (unpaired) electrons. The Labute approximate surface area is 140 Å². The van der Waals surface area contributed by atoms with E-state index in [9.17, 15) is 0 Å². The zero-order valence-corrected chi connectivity index (χ0v) is 14.5. The summed E-state index contributed by atoms with van der Waals surface area (Å²) in [6.45, 7) is 6.29. The van der Waals surface area contributed by atoms with Crippen molar-refractivity contribution >= 4 is 23.2 Å². The van der Waals surface area contributed by atoms with Crippen LogP contribution in [0.2, 0.25) is 10.0 Å². The van der Waals surface area contributed by atoms with E-state index in [-0.39, 0.29) is 6.04 Å². The highest BCUT2D eigenvalue weighted by atomic mass is 35.5. The molecule has 1 aromatic carbocycles. The van der Waals surface area contributed by atoms with Gasteiger partial charge in [0.2, 0.25) is 0 Å². The van der Waals surface area contributed by atoms with Crippen molar-refractivity contribution in [2.45, 2.75) is 33.0 Å². The van der Waals surface area contributed by atoms with Crippen molar-refractivity contribution in [2.75, 3.05) is 6.54 Å². The lowest BCUT2D eigenvalue weighted by molar-refractivity contribution is 0.210. The second-order valence-electron chi connectivity index (χ2n) is 5.86. The number of hydrogen-bond donors (Lipinski definition) is 1. The molecular weight excluding hydrogens is 319 g/mol. The van der Waals surface area contributed by atoms with Gasteiger partial charge in [0.1, 0.15) is 0 Å². The number of aromatic nitrogens is 2. The molecule has 3 rings (SSSR count). The maximum Gasteiger partial charge on any atom is 0.0641 e. The van der Waals surface area contributed by atoms with Crippen molar-refractivity contribution in [3.05, 3.63) is 50.3 Å². The van der Waals surface area contributed by atoms with Crippen LogP contribution in [0.15, 0.2) is 12.1 Å². The number of hydrogen-bond acceptors (Lipinski definition) is 3. The monoisotopic (exact) mass is 338 g/mol. The summed E-state index contributed by atoms with van der Waals surface area (Å²) in [5, 5.41) is 5.75. The van der Waals surface area contributed by atoms with E-state index in [2.05, 4.69) is 16.9 Å². The first-order valence-corrected chi connectivity index (χ1v) is 8.09. The molecule has 1 aliphatic rings. The van der Waals surface area contributed by atoms with Gasteiger partial charge in [-0.2, -0.15) is 5.10 Å². The average Bonchev–Trinajstić information content (AvgIpc) is 2.96. The van der Waals surface area contributed by atoms with Crippen LogP contribution >= 0.6 is 23.2 Å². The molecule has 1 unspecified atom stereocenters. The van der Waals surface area contributed by atoms with Gasteiger partial charge in [-0.1, -0.05) is 29.3 Å². The van der Waals surface area contributed by atoms with Crippen molar-refractivity contribution in [2.24, 2.45) is 12.8 Å².